The maximum Gasteiger partial charge on any atom is 0.417 e. The Labute approximate surface area is 155 Å². The molecule has 0 saturated carbocycles. The van der Waals surface area contributed by atoms with E-state index in [0.29, 0.717) is 17.2 Å². The van der Waals surface area contributed by atoms with Gasteiger partial charge in [-0.25, -0.2) is 4.79 Å². The molecule has 0 fully saturated rings. The van der Waals surface area contributed by atoms with Gasteiger partial charge in [0.25, 0.3) is 5.69 Å². The lowest BCUT2D eigenvalue weighted by atomic mass is 10.1. The molecule has 7 heteroatoms. The van der Waals surface area contributed by atoms with Crippen LogP contribution >= 0.6 is 0 Å². The van der Waals surface area contributed by atoms with E-state index in [1.165, 1.54) is 12.1 Å². The predicted octanol–water partition coefficient (Wildman–Crippen LogP) is 4.88. The molecule has 136 valence electrons. The van der Waals surface area contributed by atoms with Gasteiger partial charge in [0, 0.05) is 23.9 Å². The number of carbonyl (C=O) groups is 1. The summed E-state index contributed by atoms with van der Waals surface area (Å²) in [5.74, 6) is 1.00. The van der Waals surface area contributed by atoms with Crippen LogP contribution < -0.4 is 14.8 Å². The zero-order chi connectivity index (χ0) is 19.2. The van der Waals surface area contributed by atoms with E-state index in [9.17, 15) is 14.9 Å². The van der Waals surface area contributed by atoms with Crippen LogP contribution in [0.15, 0.2) is 72.8 Å². The van der Waals surface area contributed by atoms with Gasteiger partial charge >= 0.3 is 6.09 Å². The summed E-state index contributed by atoms with van der Waals surface area (Å²) in [6.45, 7) is 0. The summed E-state index contributed by atoms with van der Waals surface area (Å²) in [6, 6.07) is 20.0. The molecule has 0 aliphatic heterocycles. The van der Waals surface area contributed by atoms with E-state index in [-0.39, 0.29) is 5.69 Å². The lowest BCUT2D eigenvalue weighted by molar-refractivity contribution is -0.384. The Morgan fingerprint density at radius 1 is 0.926 bits per heavy atom. The Morgan fingerprint density at radius 3 is 2.15 bits per heavy atom. The zero-order valence-electron chi connectivity index (χ0n) is 14.4. The van der Waals surface area contributed by atoms with Gasteiger partial charge in [0.15, 0.2) is 0 Å². The first-order valence-electron chi connectivity index (χ1n) is 8.03. The van der Waals surface area contributed by atoms with Crippen LogP contribution in [0.3, 0.4) is 0 Å². The smallest absolute Gasteiger partial charge is 0.417 e. The first-order chi connectivity index (χ1) is 13.0. The second kappa shape index (κ2) is 8.01. The van der Waals surface area contributed by atoms with Crippen molar-refractivity contribution in [3.8, 4) is 22.6 Å². The molecule has 27 heavy (non-hydrogen) atoms. The fraction of sp³-hybridized carbons (Fsp3) is 0.0500. The van der Waals surface area contributed by atoms with Crippen LogP contribution in [0.5, 0.6) is 11.5 Å². The van der Waals surface area contributed by atoms with Crippen molar-refractivity contribution in [1.82, 2.24) is 0 Å². The minimum atomic E-state index is -0.619. The van der Waals surface area contributed by atoms with Crippen molar-refractivity contribution in [2.24, 2.45) is 0 Å². The fourth-order valence-electron chi connectivity index (χ4n) is 2.44. The summed E-state index contributed by atoms with van der Waals surface area (Å²) in [4.78, 5) is 22.3. The van der Waals surface area contributed by atoms with E-state index < -0.39 is 11.0 Å². The minimum absolute atomic E-state index is 0.0351. The highest BCUT2D eigenvalue weighted by molar-refractivity contribution is 5.86. The Morgan fingerprint density at radius 2 is 1.56 bits per heavy atom. The molecule has 0 aliphatic carbocycles. The van der Waals surface area contributed by atoms with Crippen molar-refractivity contribution in [3.63, 3.8) is 0 Å². The highest BCUT2D eigenvalue weighted by Crippen LogP contribution is 2.25. The Balaban J connectivity index is 1.64. The Hall–Kier alpha value is -3.87. The van der Waals surface area contributed by atoms with E-state index in [4.69, 9.17) is 9.47 Å². The summed E-state index contributed by atoms with van der Waals surface area (Å²) in [6.07, 6.45) is -0.619. The maximum absolute atomic E-state index is 12.0. The number of nitrogens with zero attached hydrogens (tertiary/aromatic N) is 1. The van der Waals surface area contributed by atoms with Gasteiger partial charge in [-0.1, -0.05) is 18.2 Å². The first-order valence-corrected chi connectivity index (χ1v) is 8.03. The summed E-state index contributed by atoms with van der Waals surface area (Å²) in [5.41, 5.74) is 2.27. The van der Waals surface area contributed by atoms with Gasteiger partial charge < -0.3 is 9.47 Å². The number of methoxy groups -OCH3 is 1. The van der Waals surface area contributed by atoms with Gasteiger partial charge in [0.2, 0.25) is 0 Å². The third-order valence-corrected chi connectivity index (χ3v) is 3.79. The van der Waals surface area contributed by atoms with E-state index in [1.54, 1.807) is 67.8 Å². The van der Waals surface area contributed by atoms with Crippen molar-refractivity contribution < 1.29 is 19.2 Å². The van der Waals surface area contributed by atoms with Gasteiger partial charge in [0.05, 0.1) is 12.0 Å². The predicted molar refractivity (Wildman–Crippen MR) is 101 cm³/mol. The molecule has 3 rings (SSSR count). The molecular weight excluding hydrogens is 348 g/mol. The van der Waals surface area contributed by atoms with Crippen molar-refractivity contribution in [3.05, 3.63) is 82.9 Å². The zero-order valence-corrected chi connectivity index (χ0v) is 14.4. The van der Waals surface area contributed by atoms with E-state index in [1.807, 2.05) is 0 Å². The molecule has 1 N–H and O–H groups in total. The largest absolute Gasteiger partial charge is 0.497 e. The molecule has 0 saturated heterocycles. The summed E-state index contributed by atoms with van der Waals surface area (Å²) < 4.78 is 10.4. The molecule has 0 heterocycles. The summed E-state index contributed by atoms with van der Waals surface area (Å²) in [5, 5.41) is 13.3. The van der Waals surface area contributed by atoms with Crippen LogP contribution in [0.25, 0.3) is 11.1 Å². The molecule has 3 aromatic rings. The number of rotatable bonds is 5. The van der Waals surface area contributed by atoms with E-state index in [0.717, 1.165) is 11.1 Å². The molecule has 0 spiro atoms. The van der Waals surface area contributed by atoms with Crippen molar-refractivity contribution in [2.45, 2.75) is 0 Å². The molecule has 0 aliphatic rings. The molecule has 0 bridgehead atoms. The van der Waals surface area contributed by atoms with E-state index >= 15 is 0 Å². The third-order valence-electron chi connectivity index (χ3n) is 3.79. The van der Waals surface area contributed by atoms with Gasteiger partial charge in [-0.15, -0.1) is 0 Å². The second-order valence-corrected chi connectivity index (χ2v) is 5.57. The van der Waals surface area contributed by atoms with Crippen molar-refractivity contribution in [2.75, 3.05) is 12.4 Å². The molecule has 7 nitrogen and oxygen atoms in total. The number of carbonyl (C=O) groups excluding carboxylic acids is 1. The summed E-state index contributed by atoms with van der Waals surface area (Å²) >= 11 is 0. The average molecular weight is 364 g/mol. The van der Waals surface area contributed by atoms with Crippen LogP contribution in [0, 0.1) is 10.1 Å². The highest BCUT2D eigenvalue weighted by atomic mass is 16.6. The number of ether oxygens (including phenoxy) is 2. The molecule has 0 aromatic heterocycles. The number of hydrogen-bond acceptors (Lipinski definition) is 5. The second-order valence-electron chi connectivity index (χ2n) is 5.57. The molecule has 1 amide bonds. The van der Waals surface area contributed by atoms with Crippen LogP contribution in [0.4, 0.5) is 16.2 Å². The average Bonchev–Trinajstić information content (AvgIpc) is 2.68. The molecule has 3 aromatic carbocycles. The van der Waals surface area contributed by atoms with Crippen LogP contribution in [0.1, 0.15) is 0 Å². The minimum Gasteiger partial charge on any atom is -0.497 e. The lowest BCUT2D eigenvalue weighted by Crippen LogP contribution is -2.16. The fourth-order valence-corrected chi connectivity index (χ4v) is 2.44. The third kappa shape index (κ3) is 4.60. The number of benzene rings is 3. The van der Waals surface area contributed by atoms with Crippen LogP contribution in [-0.4, -0.2) is 18.1 Å². The summed E-state index contributed by atoms with van der Waals surface area (Å²) in [7, 11) is 1.55. The molecule has 0 atom stereocenters. The van der Waals surface area contributed by atoms with Gasteiger partial charge in [-0.2, -0.15) is 0 Å². The monoisotopic (exact) mass is 364 g/mol. The highest BCUT2D eigenvalue weighted by Gasteiger charge is 2.08. The molecular formula is C20H16N2O5. The first kappa shape index (κ1) is 17.9. The molecule has 0 radical (unpaired) electrons. The van der Waals surface area contributed by atoms with Crippen LogP contribution in [-0.2, 0) is 0 Å². The van der Waals surface area contributed by atoms with Crippen molar-refractivity contribution in [1.29, 1.82) is 0 Å². The van der Waals surface area contributed by atoms with Gasteiger partial charge in [-0.05, 0) is 47.5 Å². The Bertz CT molecular complexity index is 953. The van der Waals surface area contributed by atoms with Gasteiger partial charge in [-0.3, -0.25) is 15.4 Å². The normalized spacial score (nSPS) is 10.1. The van der Waals surface area contributed by atoms with E-state index in [2.05, 4.69) is 5.32 Å². The van der Waals surface area contributed by atoms with Crippen LogP contribution in [0.2, 0.25) is 0 Å². The Kier molecular flexibility index (Phi) is 5.32. The number of non-ortho nitro benzene ring substituents is 1. The number of nitrogens with one attached hydrogen (secondary N) is 1. The number of nitro groups is 1. The van der Waals surface area contributed by atoms with Crippen molar-refractivity contribution >= 4 is 17.5 Å². The number of hydrogen-bond donors (Lipinski definition) is 1. The number of anilines is 1. The topological polar surface area (TPSA) is 90.7 Å². The number of nitro benzene ring substituents is 1. The maximum atomic E-state index is 12.0. The SMILES string of the molecule is COc1cccc(NC(=O)Oc2ccc(-c3ccc([N+](=O)[O-])cc3)cc2)c1. The lowest BCUT2D eigenvalue weighted by Gasteiger charge is -2.08. The number of amides is 1. The molecule has 0 unspecified atom stereocenters. The quantitative estimate of drug-likeness (QED) is 0.514. The standard InChI is InChI=1S/C20H16N2O5/c1-26-19-4-2-3-16(13-19)21-20(23)27-18-11-7-15(8-12-18)14-5-9-17(10-6-14)22(24)25/h2-13H,1H3,(H,21,23). The van der Waals surface area contributed by atoms with Gasteiger partial charge in [0.1, 0.15) is 11.5 Å².